The zero-order valence-corrected chi connectivity index (χ0v) is 13.6. The van der Waals surface area contributed by atoms with Crippen molar-refractivity contribution >= 4 is 21.2 Å². The summed E-state index contributed by atoms with van der Waals surface area (Å²) in [5, 5.41) is 7.84. The van der Waals surface area contributed by atoms with Crippen LogP contribution in [0.2, 0.25) is 0 Å². The van der Waals surface area contributed by atoms with Crippen molar-refractivity contribution in [2.24, 2.45) is 0 Å². The number of para-hydroxylation sites is 1. The van der Waals surface area contributed by atoms with Crippen molar-refractivity contribution in [2.45, 2.75) is 23.3 Å². The van der Waals surface area contributed by atoms with Gasteiger partial charge in [0.2, 0.25) is 0 Å². The van der Waals surface area contributed by atoms with Crippen LogP contribution in [-0.2, 0) is 22.0 Å². The zero-order chi connectivity index (χ0) is 15.6. The Morgan fingerprint density at radius 1 is 1.14 bits per heavy atom. The van der Waals surface area contributed by atoms with E-state index in [-0.39, 0.29) is 5.75 Å². The van der Waals surface area contributed by atoms with E-state index in [0.29, 0.717) is 9.90 Å². The smallest absolute Gasteiger partial charge is 0.193 e. The number of sulfone groups is 1. The first-order valence-corrected chi connectivity index (χ1v) is 9.33. The number of aryl methyl sites for hydroxylation is 1. The Hall–Kier alpha value is -1.99. The summed E-state index contributed by atoms with van der Waals surface area (Å²) in [7, 11) is -3.39. The monoisotopic (exact) mass is 333 g/mol. The molecule has 7 heteroatoms. The van der Waals surface area contributed by atoms with Crippen LogP contribution in [0, 0.1) is 0 Å². The molecule has 5 nitrogen and oxygen atoms in total. The van der Waals surface area contributed by atoms with E-state index in [1.54, 1.807) is 10.7 Å². The molecule has 3 rings (SSSR count). The Morgan fingerprint density at radius 3 is 2.59 bits per heavy atom. The van der Waals surface area contributed by atoms with Gasteiger partial charge in [-0.05, 0) is 30.7 Å². The van der Waals surface area contributed by atoms with Crippen molar-refractivity contribution in [1.82, 2.24) is 15.0 Å². The van der Waals surface area contributed by atoms with Crippen LogP contribution >= 0.6 is 11.3 Å². The van der Waals surface area contributed by atoms with E-state index in [2.05, 4.69) is 10.3 Å². The van der Waals surface area contributed by atoms with E-state index < -0.39 is 9.84 Å². The maximum Gasteiger partial charge on any atom is 0.193 e. The van der Waals surface area contributed by atoms with E-state index in [4.69, 9.17) is 0 Å². The van der Waals surface area contributed by atoms with Gasteiger partial charge in [-0.25, -0.2) is 13.1 Å². The van der Waals surface area contributed by atoms with E-state index >= 15 is 0 Å². The van der Waals surface area contributed by atoms with Gasteiger partial charge in [0.25, 0.3) is 0 Å². The standard InChI is InChI=1S/C15H15N3O2S2/c1-2-14-8-9-15(21-14)22(19,20)11-13-10-16-17-18(13)12-6-4-3-5-7-12/h3-10H,2,11H2,1H3. The molecule has 0 saturated heterocycles. The average molecular weight is 333 g/mol. The molecule has 0 saturated carbocycles. The van der Waals surface area contributed by atoms with Crippen LogP contribution in [-0.4, -0.2) is 23.4 Å². The van der Waals surface area contributed by atoms with E-state index in [0.717, 1.165) is 17.0 Å². The number of thiophene rings is 1. The van der Waals surface area contributed by atoms with Gasteiger partial charge < -0.3 is 0 Å². The maximum atomic E-state index is 12.6. The minimum absolute atomic E-state index is 0.113. The molecule has 2 aromatic heterocycles. The molecule has 0 unspecified atom stereocenters. The van der Waals surface area contributed by atoms with Crippen molar-refractivity contribution in [1.29, 1.82) is 0 Å². The highest BCUT2D eigenvalue weighted by Gasteiger charge is 2.21. The maximum absolute atomic E-state index is 12.6. The predicted molar refractivity (Wildman–Crippen MR) is 85.9 cm³/mol. The van der Waals surface area contributed by atoms with Crippen LogP contribution in [0.4, 0.5) is 0 Å². The van der Waals surface area contributed by atoms with Gasteiger partial charge >= 0.3 is 0 Å². The molecular weight excluding hydrogens is 318 g/mol. The van der Waals surface area contributed by atoms with Crippen LogP contribution in [0.1, 0.15) is 17.5 Å². The summed E-state index contributed by atoms with van der Waals surface area (Å²) in [6, 6.07) is 12.9. The highest BCUT2D eigenvalue weighted by atomic mass is 32.2. The molecule has 1 aromatic carbocycles. The first kappa shape index (κ1) is 14.9. The number of hydrogen-bond donors (Lipinski definition) is 0. The van der Waals surface area contributed by atoms with Gasteiger partial charge in [0.15, 0.2) is 9.84 Å². The van der Waals surface area contributed by atoms with Crippen LogP contribution in [0.5, 0.6) is 0 Å². The predicted octanol–water partition coefficient (Wildman–Crippen LogP) is 2.87. The third-order valence-corrected chi connectivity index (χ3v) is 6.71. The van der Waals surface area contributed by atoms with Crippen molar-refractivity contribution in [3.05, 3.63) is 59.2 Å². The summed E-state index contributed by atoms with van der Waals surface area (Å²) >= 11 is 1.33. The molecule has 114 valence electrons. The molecule has 2 heterocycles. The summed E-state index contributed by atoms with van der Waals surface area (Å²) in [6.07, 6.45) is 2.34. The van der Waals surface area contributed by atoms with Gasteiger partial charge in [0.05, 0.1) is 23.3 Å². The molecule has 0 fully saturated rings. The molecule has 0 radical (unpaired) electrons. The van der Waals surface area contributed by atoms with Crippen molar-refractivity contribution in [3.63, 3.8) is 0 Å². The molecule has 0 N–H and O–H groups in total. The second-order valence-electron chi connectivity index (χ2n) is 4.81. The van der Waals surface area contributed by atoms with Crippen LogP contribution in [0.15, 0.2) is 52.9 Å². The molecule has 0 amide bonds. The van der Waals surface area contributed by atoms with E-state index in [9.17, 15) is 8.42 Å². The van der Waals surface area contributed by atoms with Gasteiger partial charge in [0.1, 0.15) is 4.21 Å². The molecule has 22 heavy (non-hydrogen) atoms. The fourth-order valence-electron chi connectivity index (χ4n) is 2.12. The Kier molecular flexibility index (Phi) is 4.08. The van der Waals surface area contributed by atoms with E-state index in [1.165, 1.54) is 17.5 Å². The van der Waals surface area contributed by atoms with E-state index in [1.807, 2.05) is 43.3 Å². The lowest BCUT2D eigenvalue weighted by molar-refractivity contribution is 0.595. The molecule has 0 aliphatic heterocycles. The molecule has 0 bridgehead atoms. The lowest BCUT2D eigenvalue weighted by Gasteiger charge is -2.06. The number of benzene rings is 1. The largest absolute Gasteiger partial charge is 0.222 e. The van der Waals surface area contributed by atoms with Gasteiger partial charge in [-0.3, -0.25) is 0 Å². The topological polar surface area (TPSA) is 64.8 Å². The van der Waals surface area contributed by atoms with Crippen LogP contribution < -0.4 is 0 Å². The Balaban J connectivity index is 1.92. The summed E-state index contributed by atoms with van der Waals surface area (Å²) in [5.74, 6) is -0.113. The Morgan fingerprint density at radius 2 is 1.91 bits per heavy atom. The molecule has 3 aromatic rings. The fraction of sp³-hybridized carbons (Fsp3) is 0.200. The first-order valence-electron chi connectivity index (χ1n) is 6.86. The SMILES string of the molecule is CCc1ccc(S(=O)(=O)Cc2cnnn2-c2ccccc2)s1. The molecular formula is C15H15N3O2S2. The third-order valence-electron chi connectivity index (χ3n) is 3.25. The summed E-state index contributed by atoms with van der Waals surface area (Å²) in [5.41, 5.74) is 1.35. The highest BCUT2D eigenvalue weighted by Crippen LogP contribution is 2.25. The third kappa shape index (κ3) is 2.95. The quantitative estimate of drug-likeness (QED) is 0.720. The minimum Gasteiger partial charge on any atom is -0.222 e. The molecule has 0 spiro atoms. The lowest BCUT2D eigenvalue weighted by Crippen LogP contribution is -2.09. The summed E-state index contributed by atoms with van der Waals surface area (Å²) < 4.78 is 27.1. The van der Waals surface area contributed by atoms with Gasteiger partial charge in [-0.1, -0.05) is 30.3 Å². The van der Waals surface area contributed by atoms with Crippen LogP contribution in [0.25, 0.3) is 5.69 Å². The summed E-state index contributed by atoms with van der Waals surface area (Å²) in [4.78, 5) is 1.06. The molecule has 0 aliphatic carbocycles. The van der Waals surface area contributed by atoms with Crippen molar-refractivity contribution in [2.75, 3.05) is 0 Å². The molecule has 0 aliphatic rings. The second-order valence-corrected chi connectivity index (χ2v) is 8.19. The normalized spacial score (nSPS) is 11.7. The number of hydrogen-bond acceptors (Lipinski definition) is 5. The Labute approximate surface area is 133 Å². The van der Waals surface area contributed by atoms with Gasteiger partial charge in [-0.15, -0.1) is 16.4 Å². The number of aromatic nitrogens is 3. The number of nitrogens with zero attached hydrogens (tertiary/aromatic N) is 3. The lowest BCUT2D eigenvalue weighted by atomic mass is 10.3. The van der Waals surface area contributed by atoms with Crippen molar-refractivity contribution in [3.8, 4) is 5.69 Å². The second kappa shape index (κ2) is 6.02. The minimum atomic E-state index is -3.39. The zero-order valence-electron chi connectivity index (χ0n) is 12.0. The first-order chi connectivity index (χ1) is 10.6. The number of rotatable bonds is 5. The fourth-order valence-corrected chi connectivity index (χ4v) is 4.81. The van der Waals surface area contributed by atoms with Gasteiger partial charge in [-0.2, -0.15) is 0 Å². The highest BCUT2D eigenvalue weighted by molar-refractivity contribution is 7.92. The Bertz CT molecular complexity index is 867. The van der Waals surface area contributed by atoms with Crippen molar-refractivity contribution < 1.29 is 8.42 Å². The summed E-state index contributed by atoms with van der Waals surface area (Å²) in [6.45, 7) is 2.01. The van der Waals surface area contributed by atoms with Crippen LogP contribution in [0.3, 0.4) is 0 Å². The average Bonchev–Trinajstić information content (AvgIpc) is 3.16. The van der Waals surface area contributed by atoms with Gasteiger partial charge in [0, 0.05) is 4.88 Å². The molecule has 0 atom stereocenters.